The van der Waals surface area contributed by atoms with Gasteiger partial charge in [-0.1, -0.05) is 67.8 Å². The van der Waals surface area contributed by atoms with E-state index in [1.807, 2.05) is 50.3 Å². The standard InChI is InChI=1S/C32H37F2N3/c1-22(2)21-35-24(4)26-10-8-11-27(20-26)30-23(3)14-15-29(37-30)36-25(5)31(18-19-31)28-12-6-7-16-32(33,34)17-9-13-28/h6,8,10-15,20,35H,1,4-5,7,9,16-19,21H2,2-3H3,(H,36,37)/b12-6-,28-13+. The van der Waals surface area contributed by atoms with Gasteiger partial charge in [0, 0.05) is 41.8 Å². The first-order chi connectivity index (χ1) is 17.6. The quantitative estimate of drug-likeness (QED) is 0.338. The third kappa shape index (κ3) is 6.46. The topological polar surface area (TPSA) is 37.0 Å². The largest absolute Gasteiger partial charge is 0.381 e. The maximum absolute atomic E-state index is 13.9. The predicted octanol–water partition coefficient (Wildman–Crippen LogP) is 8.59. The highest BCUT2D eigenvalue weighted by molar-refractivity contribution is 5.72. The highest BCUT2D eigenvalue weighted by atomic mass is 19.3. The van der Waals surface area contributed by atoms with Gasteiger partial charge in [0.25, 0.3) is 0 Å². The summed E-state index contributed by atoms with van der Waals surface area (Å²) in [7, 11) is 0. The number of alkyl halides is 2. The smallest absolute Gasteiger partial charge is 0.248 e. The Hall–Kier alpha value is -3.47. The maximum atomic E-state index is 13.9. The predicted molar refractivity (Wildman–Crippen MR) is 151 cm³/mol. The van der Waals surface area contributed by atoms with E-state index in [1.54, 1.807) is 0 Å². The number of anilines is 1. The monoisotopic (exact) mass is 501 g/mol. The fraction of sp³-hybridized carbons (Fsp3) is 0.344. The van der Waals surface area contributed by atoms with E-state index in [2.05, 4.69) is 48.6 Å². The molecule has 1 heterocycles. The molecule has 37 heavy (non-hydrogen) atoms. The summed E-state index contributed by atoms with van der Waals surface area (Å²) in [6.07, 6.45) is 8.34. The molecular weight excluding hydrogens is 464 g/mol. The lowest BCUT2D eigenvalue weighted by Crippen LogP contribution is -2.15. The van der Waals surface area contributed by atoms with Crippen molar-refractivity contribution in [1.82, 2.24) is 10.3 Å². The molecule has 2 aliphatic rings. The van der Waals surface area contributed by atoms with Crippen LogP contribution in [0.15, 0.2) is 91.2 Å². The van der Waals surface area contributed by atoms with Crippen LogP contribution in [-0.2, 0) is 0 Å². The lowest BCUT2D eigenvalue weighted by atomic mass is 9.90. The summed E-state index contributed by atoms with van der Waals surface area (Å²) in [6.45, 7) is 17.2. The summed E-state index contributed by atoms with van der Waals surface area (Å²) in [4.78, 5) is 4.94. The molecule has 2 N–H and O–H groups in total. The van der Waals surface area contributed by atoms with Crippen LogP contribution in [0.25, 0.3) is 17.0 Å². The Labute approximate surface area is 219 Å². The van der Waals surface area contributed by atoms with Crippen LogP contribution in [-0.4, -0.2) is 17.5 Å². The van der Waals surface area contributed by atoms with Crippen molar-refractivity contribution in [2.24, 2.45) is 5.41 Å². The molecule has 0 unspecified atom stereocenters. The summed E-state index contributed by atoms with van der Waals surface area (Å²) in [5.74, 6) is -1.88. The molecule has 0 aliphatic heterocycles. The number of hydrogen-bond donors (Lipinski definition) is 2. The molecule has 5 heteroatoms. The summed E-state index contributed by atoms with van der Waals surface area (Å²) < 4.78 is 27.9. The molecule has 3 nitrogen and oxygen atoms in total. The number of hydrogen-bond acceptors (Lipinski definition) is 3. The second-order valence-electron chi connectivity index (χ2n) is 10.4. The minimum Gasteiger partial charge on any atom is -0.381 e. The average molecular weight is 502 g/mol. The van der Waals surface area contributed by atoms with Gasteiger partial charge in [-0.15, -0.1) is 0 Å². The van der Waals surface area contributed by atoms with E-state index < -0.39 is 5.92 Å². The van der Waals surface area contributed by atoms with Gasteiger partial charge in [0.2, 0.25) is 5.92 Å². The molecule has 1 saturated carbocycles. The van der Waals surface area contributed by atoms with E-state index in [0.717, 1.165) is 63.6 Å². The van der Waals surface area contributed by atoms with E-state index in [-0.39, 0.29) is 18.3 Å². The van der Waals surface area contributed by atoms with Crippen LogP contribution in [0.1, 0.15) is 56.6 Å². The van der Waals surface area contributed by atoms with Gasteiger partial charge in [-0.3, -0.25) is 0 Å². The minimum atomic E-state index is -2.60. The van der Waals surface area contributed by atoms with Crippen LogP contribution in [0.5, 0.6) is 0 Å². The van der Waals surface area contributed by atoms with Crippen LogP contribution in [0.4, 0.5) is 14.6 Å². The lowest BCUT2D eigenvalue weighted by Gasteiger charge is -2.22. The number of nitrogens with zero attached hydrogens (tertiary/aromatic N) is 1. The Morgan fingerprint density at radius 2 is 1.78 bits per heavy atom. The number of rotatable bonds is 9. The Morgan fingerprint density at radius 1 is 1.03 bits per heavy atom. The molecule has 0 spiro atoms. The Balaban J connectivity index is 1.53. The number of aryl methyl sites for hydroxylation is 1. The first-order valence-electron chi connectivity index (χ1n) is 13.0. The van der Waals surface area contributed by atoms with Crippen molar-refractivity contribution >= 4 is 11.5 Å². The Morgan fingerprint density at radius 3 is 2.51 bits per heavy atom. The molecule has 0 bridgehead atoms. The number of nitrogens with one attached hydrogen (secondary N) is 2. The van der Waals surface area contributed by atoms with Gasteiger partial charge in [-0.2, -0.15) is 0 Å². The van der Waals surface area contributed by atoms with Crippen LogP contribution >= 0.6 is 0 Å². The number of aromatic nitrogens is 1. The van der Waals surface area contributed by atoms with Crippen LogP contribution < -0.4 is 10.6 Å². The van der Waals surface area contributed by atoms with Gasteiger partial charge in [0.15, 0.2) is 0 Å². The third-order valence-corrected chi connectivity index (χ3v) is 7.19. The molecule has 0 radical (unpaired) electrons. The zero-order valence-electron chi connectivity index (χ0n) is 22.0. The van der Waals surface area contributed by atoms with Gasteiger partial charge >= 0.3 is 0 Å². The van der Waals surface area contributed by atoms with Crippen molar-refractivity contribution in [2.45, 2.75) is 58.3 Å². The second kappa shape index (κ2) is 10.9. The molecule has 2 aliphatic carbocycles. The third-order valence-electron chi connectivity index (χ3n) is 7.19. The highest BCUT2D eigenvalue weighted by Crippen LogP contribution is 2.57. The van der Waals surface area contributed by atoms with Gasteiger partial charge in [-0.05, 0) is 68.4 Å². The Kier molecular flexibility index (Phi) is 7.82. The molecule has 0 atom stereocenters. The SMILES string of the molecule is C=C(C)CNC(=C)c1cccc(-c2nc(NC(=C)C3(C4=C/CCC(F)(F)CC/C=C\4)CC3)ccc2C)c1. The van der Waals surface area contributed by atoms with E-state index >= 15 is 0 Å². The molecule has 1 aromatic carbocycles. The van der Waals surface area contributed by atoms with E-state index in [4.69, 9.17) is 4.98 Å². The van der Waals surface area contributed by atoms with E-state index in [0.29, 0.717) is 19.4 Å². The molecule has 1 fully saturated rings. The van der Waals surface area contributed by atoms with Crippen molar-refractivity contribution in [3.05, 3.63) is 102 Å². The number of benzene rings is 1. The molecule has 1 aromatic heterocycles. The van der Waals surface area contributed by atoms with Crippen molar-refractivity contribution < 1.29 is 8.78 Å². The fourth-order valence-corrected chi connectivity index (χ4v) is 4.76. The van der Waals surface area contributed by atoms with Crippen LogP contribution in [0.2, 0.25) is 0 Å². The summed E-state index contributed by atoms with van der Waals surface area (Å²) in [5, 5.41) is 6.76. The lowest BCUT2D eigenvalue weighted by molar-refractivity contribution is -0.0141. The Bertz CT molecular complexity index is 1260. The number of halogens is 2. The zero-order chi connectivity index (χ0) is 26.6. The molecular formula is C32H37F2N3. The fourth-order valence-electron chi connectivity index (χ4n) is 4.76. The van der Waals surface area contributed by atoms with Crippen LogP contribution in [0.3, 0.4) is 0 Å². The molecule has 4 rings (SSSR count). The normalized spacial score (nSPS) is 20.3. The van der Waals surface area contributed by atoms with Crippen molar-refractivity contribution in [1.29, 1.82) is 0 Å². The van der Waals surface area contributed by atoms with Gasteiger partial charge in [0.05, 0.1) is 5.69 Å². The van der Waals surface area contributed by atoms with E-state index in [1.165, 1.54) is 0 Å². The molecule has 0 amide bonds. The van der Waals surface area contributed by atoms with Crippen LogP contribution in [0, 0.1) is 12.3 Å². The second-order valence-corrected chi connectivity index (χ2v) is 10.4. The maximum Gasteiger partial charge on any atom is 0.248 e. The summed E-state index contributed by atoms with van der Waals surface area (Å²) >= 11 is 0. The molecule has 0 saturated heterocycles. The van der Waals surface area contributed by atoms with Gasteiger partial charge in [0.1, 0.15) is 5.82 Å². The minimum absolute atomic E-state index is 0.0919. The molecule has 194 valence electrons. The van der Waals surface area contributed by atoms with Crippen molar-refractivity contribution in [3.63, 3.8) is 0 Å². The summed E-state index contributed by atoms with van der Waals surface area (Å²) in [6, 6.07) is 12.2. The van der Waals surface area contributed by atoms with Gasteiger partial charge in [-0.25, -0.2) is 13.8 Å². The average Bonchev–Trinajstić information content (AvgIpc) is 3.66. The van der Waals surface area contributed by atoms with Crippen molar-refractivity contribution in [3.8, 4) is 11.3 Å². The van der Waals surface area contributed by atoms with E-state index in [9.17, 15) is 8.78 Å². The first kappa shape index (κ1) is 26.6. The highest BCUT2D eigenvalue weighted by Gasteiger charge is 2.48. The summed E-state index contributed by atoms with van der Waals surface area (Å²) in [5.41, 5.74) is 7.58. The number of pyridine rings is 1. The molecule has 2 aromatic rings. The van der Waals surface area contributed by atoms with Crippen molar-refractivity contribution in [2.75, 3.05) is 11.9 Å². The first-order valence-corrected chi connectivity index (χ1v) is 13.0. The number of allylic oxidation sites excluding steroid dienone is 4. The van der Waals surface area contributed by atoms with Gasteiger partial charge < -0.3 is 10.6 Å². The zero-order valence-corrected chi connectivity index (χ0v) is 22.0.